The van der Waals surface area contributed by atoms with Crippen molar-refractivity contribution in [2.75, 3.05) is 19.8 Å². The van der Waals surface area contributed by atoms with Crippen molar-refractivity contribution in [2.45, 2.75) is 58.7 Å². The van der Waals surface area contributed by atoms with E-state index in [1.165, 1.54) is 5.56 Å². The first-order chi connectivity index (χ1) is 14.6. The zero-order chi connectivity index (χ0) is 21.6. The van der Waals surface area contributed by atoms with E-state index in [-0.39, 0.29) is 24.5 Å². The van der Waals surface area contributed by atoms with Gasteiger partial charge in [-0.25, -0.2) is 0 Å². The van der Waals surface area contributed by atoms with E-state index < -0.39 is 7.60 Å². The first kappa shape index (κ1) is 23.2. The van der Waals surface area contributed by atoms with Crippen LogP contribution in [0.4, 0.5) is 0 Å². The van der Waals surface area contributed by atoms with E-state index in [1.807, 2.05) is 38.1 Å². The molecule has 2 aromatic carbocycles. The average molecular weight is 432 g/mol. The molecule has 0 bridgehead atoms. The Bertz CT molecular complexity index is 834. The summed E-state index contributed by atoms with van der Waals surface area (Å²) in [6, 6.07) is 18.8. The van der Waals surface area contributed by atoms with Gasteiger partial charge in [-0.1, -0.05) is 68.4 Å². The molecule has 1 aliphatic heterocycles. The molecule has 1 saturated heterocycles. The van der Waals surface area contributed by atoms with Gasteiger partial charge in [-0.3, -0.25) is 9.46 Å². The number of hydrogen-bond donors (Lipinski definition) is 0. The zero-order valence-corrected chi connectivity index (χ0v) is 19.4. The molecular formula is C24H34NO4P. The van der Waals surface area contributed by atoms with E-state index in [0.717, 1.165) is 24.1 Å². The molecule has 2 aromatic rings. The molecule has 164 valence electrons. The third-order valence-electron chi connectivity index (χ3n) is 5.60. The maximum absolute atomic E-state index is 13.2. The van der Waals surface area contributed by atoms with E-state index in [1.54, 1.807) is 0 Å². The molecular weight excluding hydrogens is 397 g/mol. The summed E-state index contributed by atoms with van der Waals surface area (Å²) >= 11 is 0. The van der Waals surface area contributed by atoms with Gasteiger partial charge in [0.05, 0.1) is 19.4 Å². The van der Waals surface area contributed by atoms with Gasteiger partial charge < -0.3 is 13.8 Å². The van der Waals surface area contributed by atoms with Gasteiger partial charge in [-0.2, -0.15) is 0 Å². The minimum Gasteiger partial charge on any atom is -0.349 e. The summed E-state index contributed by atoms with van der Waals surface area (Å²) in [7, 11) is -3.21. The number of likely N-dealkylation sites (N-methyl/N-ethyl adjacent to an activating group) is 1. The molecule has 5 nitrogen and oxygen atoms in total. The fraction of sp³-hybridized carbons (Fsp3) is 0.500. The van der Waals surface area contributed by atoms with Gasteiger partial charge in [0, 0.05) is 6.04 Å². The van der Waals surface area contributed by atoms with E-state index >= 15 is 0 Å². The van der Waals surface area contributed by atoms with Crippen LogP contribution >= 0.6 is 7.60 Å². The van der Waals surface area contributed by atoms with Crippen LogP contribution in [-0.4, -0.2) is 30.7 Å². The van der Waals surface area contributed by atoms with Crippen LogP contribution in [0.1, 0.15) is 63.1 Å². The lowest BCUT2D eigenvalue weighted by Gasteiger charge is -2.28. The predicted molar refractivity (Wildman–Crippen MR) is 120 cm³/mol. The van der Waals surface area contributed by atoms with Crippen molar-refractivity contribution in [1.82, 2.24) is 4.90 Å². The number of ether oxygens (including phenoxy) is 1. The molecule has 1 aliphatic rings. The fourth-order valence-corrected chi connectivity index (χ4v) is 6.10. The van der Waals surface area contributed by atoms with Crippen molar-refractivity contribution in [3.8, 4) is 0 Å². The Morgan fingerprint density at radius 1 is 0.933 bits per heavy atom. The molecule has 0 amide bonds. The molecule has 0 N–H and O–H groups in total. The minimum absolute atomic E-state index is 0.000190. The summed E-state index contributed by atoms with van der Waals surface area (Å²) in [4.78, 5) is 2.41. The number of hydrogen-bond acceptors (Lipinski definition) is 5. The molecule has 6 heteroatoms. The van der Waals surface area contributed by atoms with E-state index in [9.17, 15) is 4.57 Å². The second-order valence-electron chi connectivity index (χ2n) is 7.43. The summed E-state index contributed by atoms with van der Waals surface area (Å²) in [5, 5.41) is 0. The summed E-state index contributed by atoms with van der Waals surface area (Å²) in [5.74, 6) is 0. The van der Waals surface area contributed by atoms with E-state index in [2.05, 4.69) is 49.1 Å². The second-order valence-corrected chi connectivity index (χ2v) is 9.48. The highest BCUT2D eigenvalue weighted by atomic mass is 31.2. The van der Waals surface area contributed by atoms with Crippen molar-refractivity contribution in [3.63, 3.8) is 0 Å². The molecule has 30 heavy (non-hydrogen) atoms. The Balaban J connectivity index is 1.96. The quantitative estimate of drug-likeness (QED) is 0.412. The number of rotatable bonds is 10. The lowest BCUT2D eigenvalue weighted by Crippen LogP contribution is -2.33. The normalized spacial score (nSPS) is 22.5. The first-order valence-electron chi connectivity index (χ1n) is 11.0. The van der Waals surface area contributed by atoms with Gasteiger partial charge in [0.1, 0.15) is 12.3 Å². The molecule has 0 spiro atoms. The average Bonchev–Trinajstić information content (AvgIpc) is 3.13. The monoisotopic (exact) mass is 431 g/mol. The topological polar surface area (TPSA) is 48.0 Å². The predicted octanol–water partition coefficient (Wildman–Crippen LogP) is 6.32. The lowest BCUT2D eigenvalue weighted by molar-refractivity contribution is -0.00123. The van der Waals surface area contributed by atoms with Crippen LogP contribution in [0.5, 0.6) is 0 Å². The van der Waals surface area contributed by atoms with Crippen LogP contribution < -0.4 is 0 Å². The molecule has 0 aliphatic carbocycles. The molecule has 1 fully saturated rings. The van der Waals surface area contributed by atoms with Crippen LogP contribution in [0.2, 0.25) is 0 Å². The van der Waals surface area contributed by atoms with Crippen molar-refractivity contribution in [1.29, 1.82) is 0 Å². The summed E-state index contributed by atoms with van der Waals surface area (Å²) < 4.78 is 31.0. The van der Waals surface area contributed by atoms with Gasteiger partial charge in [0.2, 0.25) is 0 Å². The first-order valence-corrected chi connectivity index (χ1v) is 12.7. The van der Waals surface area contributed by atoms with Crippen LogP contribution in [0.25, 0.3) is 0 Å². The van der Waals surface area contributed by atoms with Crippen molar-refractivity contribution >= 4 is 7.60 Å². The van der Waals surface area contributed by atoms with Gasteiger partial charge >= 0.3 is 7.60 Å². The zero-order valence-electron chi connectivity index (χ0n) is 18.5. The molecule has 3 rings (SSSR count). The molecule has 0 aromatic heterocycles. The highest BCUT2D eigenvalue weighted by Gasteiger charge is 2.42. The van der Waals surface area contributed by atoms with Crippen LogP contribution in [-0.2, 0) is 24.5 Å². The number of nitrogens with zero attached hydrogens (tertiary/aromatic N) is 1. The molecule has 0 saturated carbocycles. The highest BCUT2D eigenvalue weighted by Crippen LogP contribution is 2.53. The Kier molecular flexibility index (Phi) is 8.27. The van der Waals surface area contributed by atoms with E-state index in [4.69, 9.17) is 13.8 Å². The van der Waals surface area contributed by atoms with Gasteiger partial charge in [-0.05, 0) is 43.5 Å². The molecule has 1 heterocycles. The van der Waals surface area contributed by atoms with Gasteiger partial charge in [-0.15, -0.1) is 0 Å². The summed E-state index contributed by atoms with van der Waals surface area (Å²) in [6.07, 6.45) is 1.04. The second kappa shape index (κ2) is 10.7. The summed E-state index contributed by atoms with van der Waals surface area (Å²) in [5.41, 5.74) is 3.18. The van der Waals surface area contributed by atoms with Crippen molar-refractivity contribution in [2.24, 2.45) is 0 Å². The molecule has 0 radical (unpaired) electrons. The van der Waals surface area contributed by atoms with E-state index in [0.29, 0.717) is 13.2 Å². The third kappa shape index (κ3) is 5.04. The van der Waals surface area contributed by atoms with Gasteiger partial charge in [0.15, 0.2) is 0 Å². The summed E-state index contributed by atoms with van der Waals surface area (Å²) in [6.45, 7) is 9.64. The minimum atomic E-state index is -3.21. The van der Waals surface area contributed by atoms with Crippen LogP contribution in [0.3, 0.4) is 0 Å². The lowest BCUT2D eigenvalue weighted by atomic mass is 10.00. The maximum atomic E-state index is 13.2. The van der Waals surface area contributed by atoms with Crippen molar-refractivity contribution in [3.05, 3.63) is 71.3 Å². The smallest absolute Gasteiger partial charge is 0.335 e. The Labute approximate surface area is 180 Å². The fourth-order valence-electron chi connectivity index (χ4n) is 4.35. The number of benzene rings is 2. The standard InChI is InChI=1S/C24H34NO4P/c1-5-22-23(19-14-10-9-11-15-19)29-24(25(22)6-2)21-17-13-12-16-20(21)18-30(26,27-7-3)28-8-4/h9-17,22-24H,5-8,18H2,1-4H3. The Morgan fingerprint density at radius 3 is 2.17 bits per heavy atom. The Hall–Kier alpha value is -1.49. The van der Waals surface area contributed by atoms with Gasteiger partial charge in [0.25, 0.3) is 0 Å². The largest absolute Gasteiger partial charge is 0.349 e. The maximum Gasteiger partial charge on any atom is 0.335 e. The van der Waals surface area contributed by atoms with Crippen LogP contribution in [0, 0.1) is 0 Å². The van der Waals surface area contributed by atoms with Crippen LogP contribution in [0.15, 0.2) is 54.6 Å². The Morgan fingerprint density at radius 2 is 1.57 bits per heavy atom. The molecule has 3 unspecified atom stereocenters. The molecule has 3 atom stereocenters. The third-order valence-corrected chi connectivity index (χ3v) is 7.63. The van der Waals surface area contributed by atoms with Crippen molar-refractivity contribution < 1.29 is 18.3 Å². The highest BCUT2D eigenvalue weighted by molar-refractivity contribution is 7.53. The SMILES string of the molecule is CCOP(=O)(Cc1ccccc1C1OC(c2ccccc2)C(CC)N1CC)OCC.